The predicted octanol–water partition coefficient (Wildman–Crippen LogP) is 3.23. The van der Waals surface area contributed by atoms with Gasteiger partial charge in [-0.1, -0.05) is 35.9 Å². The lowest BCUT2D eigenvalue weighted by Crippen LogP contribution is -2.30. The molecule has 5 nitrogen and oxygen atoms in total. The number of rotatable bonds is 6. The Labute approximate surface area is 150 Å². The Kier molecular flexibility index (Phi) is 5.17. The molecule has 2 aromatic carbocycles. The monoisotopic (exact) mass is 375 g/mol. The van der Waals surface area contributed by atoms with Crippen LogP contribution in [0.25, 0.3) is 10.1 Å². The summed E-state index contributed by atoms with van der Waals surface area (Å²) in [6.07, 6.45) is 0. The molecule has 0 radical (unpaired) electrons. The highest BCUT2D eigenvalue weighted by atomic mass is 32.2. The first-order valence-electron chi connectivity index (χ1n) is 7.63. The molecule has 130 valence electrons. The van der Waals surface area contributed by atoms with Crippen LogP contribution in [0.2, 0.25) is 0 Å². The van der Waals surface area contributed by atoms with Crippen LogP contribution in [0.4, 0.5) is 0 Å². The molecule has 7 heteroatoms. The number of carbonyl (C=O) groups is 1. The van der Waals surface area contributed by atoms with Crippen LogP contribution in [-0.4, -0.2) is 20.9 Å². The van der Waals surface area contributed by atoms with Crippen LogP contribution in [0, 0.1) is 6.92 Å². The van der Waals surface area contributed by atoms with Crippen molar-refractivity contribution in [2.24, 2.45) is 0 Å². The van der Waals surface area contributed by atoms with Gasteiger partial charge in [0.25, 0.3) is 0 Å². The van der Waals surface area contributed by atoms with E-state index >= 15 is 0 Å². The molecule has 0 unspecified atom stereocenters. The van der Waals surface area contributed by atoms with Crippen molar-refractivity contribution in [3.63, 3.8) is 0 Å². The topological polar surface area (TPSA) is 72.5 Å². The van der Waals surface area contributed by atoms with Crippen molar-refractivity contribution in [2.75, 3.05) is 6.54 Å². The number of carbonyl (C=O) groups excluding carboxylic acids is 1. The fourth-order valence-corrected chi connectivity index (χ4v) is 4.22. The van der Waals surface area contributed by atoms with Crippen LogP contribution in [0.15, 0.2) is 58.8 Å². The first-order chi connectivity index (χ1) is 12.0. The van der Waals surface area contributed by atoms with Gasteiger partial charge < -0.3 is 4.74 Å². The number of fused-ring (bicyclic) bond motifs is 1. The molecule has 0 fully saturated rings. The fourth-order valence-electron chi connectivity index (χ4n) is 2.31. The molecule has 0 aliphatic heterocycles. The van der Waals surface area contributed by atoms with E-state index < -0.39 is 22.5 Å². The lowest BCUT2D eigenvalue weighted by Gasteiger charge is -2.07. The Balaban J connectivity index is 1.57. The van der Waals surface area contributed by atoms with E-state index in [2.05, 4.69) is 4.72 Å². The zero-order valence-electron chi connectivity index (χ0n) is 13.6. The fraction of sp³-hybridized carbons (Fsp3) is 0.167. The summed E-state index contributed by atoms with van der Waals surface area (Å²) in [6, 6.07) is 14.3. The van der Waals surface area contributed by atoms with Gasteiger partial charge >= 0.3 is 5.97 Å². The average molecular weight is 375 g/mol. The summed E-state index contributed by atoms with van der Waals surface area (Å²) in [4.78, 5) is 12.0. The minimum Gasteiger partial charge on any atom is -0.460 e. The molecule has 25 heavy (non-hydrogen) atoms. The van der Waals surface area contributed by atoms with Gasteiger partial charge in [-0.15, -0.1) is 11.3 Å². The van der Waals surface area contributed by atoms with Gasteiger partial charge in [0.15, 0.2) is 0 Å². The lowest BCUT2D eigenvalue weighted by molar-refractivity contribution is -0.143. The molecule has 1 N–H and O–H groups in total. The Bertz CT molecular complexity index is 991. The Morgan fingerprint density at radius 3 is 2.60 bits per heavy atom. The van der Waals surface area contributed by atoms with Crippen LogP contribution in [-0.2, 0) is 26.2 Å². The summed E-state index contributed by atoms with van der Waals surface area (Å²) in [5.41, 5.74) is 1.87. The molecular weight excluding hydrogens is 358 g/mol. The number of benzene rings is 2. The van der Waals surface area contributed by atoms with Crippen molar-refractivity contribution in [2.45, 2.75) is 18.4 Å². The van der Waals surface area contributed by atoms with E-state index in [1.54, 1.807) is 23.5 Å². The molecular formula is C18H17NO4S2. The van der Waals surface area contributed by atoms with Gasteiger partial charge in [0, 0.05) is 10.3 Å². The second-order valence-electron chi connectivity index (χ2n) is 5.56. The van der Waals surface area contributed by atoms with E-state index in [1.807, 2.05) is 36.6 Å². The van der Waals surface area contributed by atoms with E-state index in [9.17, 15) is 13.2 Å². The van der Waals surface area contributed by atoms with Gasteiger partial charge in [-0.2, -0.15) is 4.72 Å². The summed E-state index contributed by atoms with van der Waals surface area (Å²) in [6.45, 7) is 1.59. The summed E-state index contributed by atoms with van der Waals surface area (Å²) < 4.78 is 32.8. The third-order valence-electron chi connectivity index (χ3n) is 3.69. The number of aryl methyl sites for hydroxylation is 1. The normalized spacial score (nSPS) is 11.6. The molecule has 0 atom stereocenters. The number of nitrogens with one attached hydrogen (secondary N) is 1. The second kappa shape index (κ2) is 7.35. The number of esters is 1. The predicted molar refractivity (Wildman–Crippen MR) is 98.0 cm³/mol. The molecule has 0 saturated carbocycles. The Hall–Kier alpha value is -2.22. The van der Waals surface area contributed by atoms with Crippen molar-refractivity contribution in [3.8, 4) is 0 Å². The highest BCUT2D eigenvalue weighted by Gasteiger charge is 2.16. The number of thiophene rings is 1. The van der Waals surface area contributed by atoms with Crippen LogP contribution in [0.5, 0.6) is 0 Å². The van der Waals surface area contributed by atoms with Gasteiger partial charge in [-0.25, -0.2) is 8.42 Å². The van der Waals surface area contributed by atoms with Gasteiger partial charge in [0.1, 0.15) is 13.2 Å². The molecule has 0 spiro atoms. The van der Waals surface area contributed by atoms with Gasteiger partial charge in [-0.3, -0.25) is 4.79 Å². The number of hydrogen-bond acceptors (Lipinski definition) is 5. The van der Waals surface area contributed by atoms with Crippen molar-refractivity contribution in [1.82, 2.24) is 4.72 Å². The zero-order chi connectivity index (χ0) is 17.9. The maximum Gasteiger partial charge on any atom is 0.321 e. The SMILES string of the molecule is Cc1ccc(S(=O)(=O)NCC(=O)OCc2csc3ccccc23)cc1. The van der Waals surface area contributed by atoms with Crippen molar-refractivity contribution < 1.29 is 17.9 Å². The van der Waals surface area contributed by atoms with Crippen LogP contribution in [0.1, 0.15) is 11.1 Å². The van der Waals surface area contributed by atoms with Crippen LogP contribution >= 0.6 is 11.3 Å². The maximum absolute atomic E-state index is 12.1. The van der Waals surface area contributed by atoms with Crippen LogP contribution in [0.3, 0.4) is 0 Å². The van der Waals surface area contributed by atoms with E-state index in [0.717, 1.165) is 21.2 Å². The zero-order valence-corrected chi connectivity index (χ0v) is 15.2. The molecule has 1 aromatic heterocycles. The molecule has 3 aromatic rings. The standard InChI is InChI=1S/C18H17NO4S2/c1-13-6-8-15(9-7-13)25(21,22)19-10-18(20)23-11-14-12-24-17-5-3-2-4-16(14)17/h2-9,12,19H,10-11H2,1H3. The summed E-state index contributed by atoms with van der Waals surface area (Å²) in [7, 11) is -3.73. The summed E-state index contributed by atoms with van der Waals surface area (Å²) in [5.74, 6) is -0.619. The molecule has 0 aliphatic carbocycles. The summed E-state index contributed by atoms with van der Waals surface area (Å²) in [5, 5.41) is 2.98. The second-order valence-corrected chi connectivity index (χ2v) is 8.23. The first-order valence-corrected chi connectivity index (χ1v) is 9.99. The first kappa shape index (κ1) is 17.6. The largest absolute Gasteiger partial charge is 0.460 e. The van der Waals surface area contributed by atoms with Crippen molar-refractivity contribution in [3.05, 3.63) is 65.0 Å². The highest BCUT2D eigenvalue weighted by molar-refractivity contribution is 7.89. The maximum atomic E-state index is 12.1. The van der Waals surface area contributed by atoms with Gasteiger partial charge in [-0.05, 0) is 35.9 Å². The quantitative estimate of drug-likeness (QED) is 0.672. The van der Waals surface area contributed by atoms with Gasteiger partial charge in [0.2, 0.25) is 10.0 Å². The third-order valence-corrected chi connectivity index (χ3v) is 6.12. The molecule has 0 amide bonds. The minimum atomic E-state index is -3.73. The Morgan fingerprint density at radius 2 is 1.84 bits per heavy atom. The summed E-state index contributed by atoms with van der Waals surface area (Å²) >= 11 is 1.58. The molecule has 3 rings (SSSR count). The molecule has 0 saturated heterocycles. The molecule has 0 aliphatic rings. The van der Waals surface area contributed by atoms with Crippen molar-refractivity contribution >= 4 is 37.4 Å². The van der Waals surface area contributed by atoms with E-state index in [1.165, 1.54) is 12.1 Å². The van der Waals surface area contributed by atoms with E-state index in [4.69, 9.17) is 4.74 Å². The minimum absolute atomic E-state index is 0.120. The van der Waals surface area contributed by atoms with E-state index in [0.29, 0.717) is 0 Å². The molecule has 1 heterocycles. The van der Waals surface area contributed by atoms with Crippen LogP contribution < -0.4 is 4.72 Å². The lowest BCUT2D eigenvalue weighted by atomic mass is 10.2. The number of hydrogen-bond donors (Lipinski definition) is 1. The molecule has 0 bridgehead atoms. The third kappa shape index (κ3) is 4.25. The van der Waals surface area contributed by atoms with Gasteiger partial charge in [0.05, 0.1) is 4.90 Å². The number of ether oxygens (including phenoxy) is 1. The average Bonchev–Trinajstić information content (AvgIpc) is 3.02. The van der Waals surface area contributed by atoms with E-state index in [-0.39, 0.29) is 11.5 Å². The van der Waals surface area contributed by atoms with Crippen molar-refractivity contribution in [1.29, 1.82) is 0 Å². The smallest absolute Gasteiger partial charge is 0.321 e. The Morgan fingerprint density at radius 1 is 1.12 bits per heavy atom. The number of sulfonamides is 1. The highest BCUT2D eigenvalue weighted by Crippen LogP contribution is 2.26.